The summed E-state index contributed by atoms with van der Waals surface area (Å²) in [6, 6.07) is 1.11. The molecule has 1 aliphatic heterocycles. The summed E-state index contributed by atoms with van der Waals surface area (Å²) in [6.45, 7) is 6.81. The van der Waals surface area contributed by atoms with Gasteiger partial charge in [-0.25, -0.2) is 4.98 Å². The van der Waals surface area contributed by atoms with Gasteiger partial charge in [-0.2, -0.15) is 13.2 Å². The van der Waals surface area contributed by atoms with Gasteiger partial charge in [0.1, 0.15) is 47.8 Å². The van der Waals surface area contributed by atoms with E-state index in [2.05, 4.69) is 31.6 Å². The van der Waals surface area contributed by atoms with Crippen LogP contribution in [0.15, 0.2) is 36.4 Å². The van der Waals surface area contributed by atoms with Gasteiger partial charge in [0, 0.05) is 57.7 Å². The van der Waals surface area contributed by atoms with E-state index in [0.29, 0.717) is 22.8 Å². The number of pyridine rings is 1. The molecule has 1 aromatic heterocycles. The van der Waals surface area contributed by atoms with Gasteiger partial charge in [-0.1, -0.05) is 57.0 Å². The predicted molar refractivity (Wildman–Crippen MR) is 260 cm³/mol. The first-order valence-corrected chi connectivity index (χ1v) is 24.1. The number of hydrogen-bond acceptors (Lipinski definition) is 11. The lowest BCUT2D eigenvalue weighted by Gasteiger charge is -2.35. The molecule has 7 N–H and O–H groups in total. The number of carbonyl (C=O) groups excluding carboxylic acids is 8. The zero-order valence-corrected chi connectivity index (χ0v) is 43.0. The highest BCUT2D eigenvalue weighted by molar-refractivity contribution is 6.33. The number of hydrogen-bond donors (Lipinski definition) is 7. The number of anilines is 1. The third kappa shape index (κ3) is 16.4. The van der Waals surface area contributed by atoms with Crippen molar-refractivity contribution in [3.63, 3.8) is 0 Å². The quantitative estimate of drug-likeness (QED) is 0.121. The summed E-state index contributed by atoms with van der Waals surface area (Å²) in [5.41, 5.74) is -3.45. The fourth-order valence-corrected chi connectivity index (χ4v) is 8.06. The molecule has 24 heteroatoms. The van der Waals surface area contributed by atoms with E-state index in [-0.39, 0.29) is 81.6 Å². The third-order valence-electron chi connectivity index (χ3n) is 12.2. The highest BCUT2D eigenvalue weighted by atomic mass is 35.5. The molecule has 71 heavy (non-hydrogen) atoms. The van der Waals surface area contributed by atoms with Gasteiger partial charge < -0.3 is 51.7 Å². The summed E-state index contributed by atoms with van der Waals surface area (Å²) in [4.78, 5) is 119. The van der Waals surface area contributed by atoms with E-state index >= 15 is 0 Å². The second-order valence-electron chi connectivity index (χ2n) is 18.1. The van der Waals surface area contributed by atoms with Crippen molar-refractivity contribution in [2.45, 2.75) is 134 Å². The first-order chi connectivity index (χ1) is 33.2. The van der Waals surface area contributed by atoms with Gasteiger partial charge in [0.15, 0.2) is 0 Å². The molecule has 2 aromatic rings. The summed E-state index contributed by atoms with van der Waals surface area (Å²) < 4.78 is 40.7. The second kappa shape index (κ2) is 26.6. The van der Waals surface area contributed by atoms with Crippen LogP contribution in [0.2, 0.25) is 10.0 Å². The molecule has 0 bridgehead atoms. The number of nitrogens with one attached hydrogen (secondary N) is 6. The number of halogens is 5. The molecule has 7 atom stereocenters. The van der Waals surface area contributed by atoms with Crippen molar-refractivity contribution in [1.29, 1.82) is 0 Å². The fraction of sp³-hybridized carbons (Fsp3) is 0.596. The molecule has 1 aromatic carbocycles. The zero-order chi connectivity index (χ0) is 53.5. The van der Waals surface area contributed by atoms with Crippen LogP contribution in [0.4, 0.5) is 19.0 Å². The first-order valence-electron chi connectivity index (χ1n) is 23.3. The van der Waals surface area contributed by atoms with Crippen LogP contribution in [0.1, 0.15) is 95.6 Å². The molecule has 19 nitrogen and oxygen atoms in total. The van der Waals surface area contributed by atoms with Gasteiger partial charge in [0.05, 0.1) is 0 Å². The topological polar surface area (TPSA) is 252 Å². The Labute approximate surface area is 422 Å². The van der Waals surface area contributed by atoms with Crippen molar-refractivity contribution in [1.82, 2.24) is 46.3 Å². The van der Waals surface area contributed by atoms with Crippen molar-refractivity contribution in [3.05, 3.63) is 57.7 Å². The maximum Gasteiger partial charge on any atom is 0.426 e. The highest BCUT2D eigenvalue weighted by Crippen LogP contribution is 2.30. The van der Waals surface area contributed by atoms with Gasteiger partial charge in [-0.05, 0) is 93.7 Å². The Hall–Kier alpha value is -5.74. The van der Waals surface area contributed by atoms with Gasteiger partial charge in [0.25, 0.3) is 11.8 Å². The largest absolute Gasteiger partial charge is 0.426 e. The maximum atomic E-state index is 14.7. The lowest BCUT2D eigenvalue weighted by molar-refractivity contribution is -0.245. The van der Waals surface area contributed by atoms with Crippen LogP contribution < -0.4 is 31.9 Å². The van der Waals surface area contributed by atoms with E-state index < -0.39 is 95.3 Å². The number of rotatable bonds is 17. The molecule has 0 saturated carbocycles. The minimum absolute atomic E-state index is 0.00277. The van der Waals surface area contributed by atoms with Crippen molar-refractivity contribution in [2.24, 2.45) is 5.92 Å². The molecule has 394 valence electrons. The molecule has 1 fully saturated rings. The van der Waals surface area contributed by atoms with Crippen LogP contribution in [-0.2, 0) is 40.0 Å². The van der Waals surface area contributed by atoms with E-state index in [9.17, 15) is 56.6 Å². The van der Waals surface area contributed by atoms with Gasteiger partial charge >= 0.3 is 6.18 Å². The van der Waals surface area contributed by atoms with E-state index in [1.165, 1.54) is 32.0 Å². The number of likely N-dealkylation sites (N-methyl/N-ethyl adjacent to an activating group) is 3. The Kier molecular flexibility index (Phi) is 22.3. The Balaban J connectivity index is 2.09. The van der Waals surface area contributed by atoms with Crippen molar-refractivity contribution >= 4 is 76.3 Å². The smallest absolute Gasteiger partial charge is 0.373 e. The van der Waals surface area contributed by atoms with Gasteiger partial charge in [0.2, 0.25) is 41.0 Å². The molecular formula is C47H67Cl2F3N10O9. The van der Waals surface area contributed by atoms with Crippen LogP contribution in [0.5, 0.6) is 0 Å². The Morgan fingerprint density at radius 2 is 1.61 bits per heavy atom. The van der Waals surface area contributed by atoms with Gasteiger partial charge in [-0.15, -0.1) is 0 Å². The number of carbonyl (C=O) groups is 8. The minimum atomic E-state index is -5.41. The molecule has 8 amide bonds. The maximum absolute atomic E-state index is 14.7. The Bertz CT molecular complexity index is 2240. The van der Waals surface area contributed by atoms with Crippen LogP contribution >= 0.6 is 23.2 Å². The number of aliphatic hydroxyl groups is 1. The van der Waals surface area contributed by atoms with Crippen LogP contribution in [0, 0.1) is 5.92 Å². The molecule has 1 saturated heterocycles. The monoisotopic (exact) mass is 1040 g/mol. The summed E-state index contributed by atoms with van der Waals surface area (Å²) in [6.07, 6.45) is -5.40. The lowest BCUT2D eigenvalue weighted by atomic mass is 9.98. The average Bonchev–Trinajstić information content (AvgIpc) is 3.32. The van der Waals surface area contributed by atoms with E-state index in [4.69, 9.17) is 23.2 Å². The summed E-state index contributed by atoms with van der Waals surface area (Å²) in [5.74, 6) is -7.00. The lowest BCUT2D eigenvalue weighted by Crippen LogP contribution is -2.61. The third-order valence-corrected chi connectivity index (χ3v) is 12.8. The number of alkyl halides is 3. The van der Waals surface area contributed by atoms with E-state index in [1.807, 2.05) is 19.2 Å². The second-order valence-corrected chi connectivity index (χ2v) is 18.9. The predicted octanol–water partition coefficient (Wildman–Crippen LogP) is 3.21. The summed E-state index contributed by atoms with van der Waals surface area (Å²) >= 11 is 12.8. The Morgan fingerprint density at radius 3 is 2.21 bits per heavy atom. The summed E-state index contributed by atoms with van der Waals surface area (Å²) in [7, 11) is 5.80. The molecular weight excluding hydrogens is 976 g/mol. The number of nitrogens with zero attached hydrogens (tertiary/aromatic N) is 4. The average molecular weight is 1040 g/mol. The molecule has 2 heterocycles. The Morgan fingerprint density at radius 1 is 0.944 bits per heavy atom. The number of aromatic nitrogens is 1. The molecule has 1 aliphatic rings. The summed E-state index contributed by atoms with van der Waals surface area (Å²) in [5, 5.41) is 25.9. The molecule has 3 rings (SSSR count). The van der Waals surface area contributed by atoms with Crippen LogP contribution in [-0.4, -0.2) is 161 Å². The number of amides is 8. The van der Waals surface area contributed by atoms with E-state index in [0.717, 1.165) is 9.80 Å². The van der Waals surface area contributed by atoms with Crippen molar-refractivity contribution in [2.75, 3.05) is 46.6 Å². The molecule has 0 unspecified atom stereocenters. The normalized spacial score (nSPS) is 20.5. The van der Waals surface area contributed by atoms with Crippen LogP contribution in [0.25, 0.3) is 0 Å². The molecule has 0 aliphatic carbocycles. The highest BCUT2D eigenvalue weighted by Gasteiger charge is 2.56. The number of benzene rings is 1. The van der Waals surface area contributed by atoms with E-state index in [1.54, 1.807) is 51.4 Å². The molecule has 0 radical (unpaired) electrons. The SMILES string of the molecule is CC[C@H](NC(=O)[C@@](C)(O)C(F)(F)F)C(=O)N[C@@H](CCNC(=O)c1cccc(NC)n1)C(=O)N(C)[C@H]1CCCCN(C)C(=O)[C@@H](CC)NC(=O)[C@H](Cc2cc(Cl)ccc2Cl)N(C)C(=O)[C@H](CC(C)C)NC1=O. The van der Waals surface area contributed by atoms with Crippen molar-refractivity contribution < 1.29 is 56.6 Å². The zero-order valence-electron chi connectivity index (χ0n) is 41.5. The van der Waals surface area contributed by atoms with Crippen LogP contribution in [0.3, 0.4) is 0 Å². The fourth-order valence-electron chi connectivity index (χ4n) is 7.67. The molecule has 0 spiro atoms. The van der Waals surface area contributed by atoms with Crippen molar-refractivity contribution in [3.8, 4) is 0 Å². The standard InChI is InChI=1S/C47H67Cl2F3N10O9/c1-10-30(59-45(70)46(5,71)47(50,51)52)39(64)57-33(20-21-54-38(63)32-15-14-17-37(53-6)55-32)43(68)61(8)35-16-12-13-22-60(7)42(67)31(11-2)56-41(66)36(25-27-24-28(48)18-19-29(27)49)62(9)44(69)34(23-26(3)4)58-40(35)65/h14-15,17-19,24,26,30-31,33-36,71H,10-13,16,20-23,25H2,1-9H3,(H,53,55)(H,54,63)(H,56,66)(H,57,64)(H,58,65)(H,59,70)/t30-,31+,33-,34-,35-,36-,46+/m0/s1. The minimum Gasteiger partial charge on any atom is -0.373 e. The van der Waals surface area contributed by atoms with Gasteiger partial charge in [-0.3, -0.25) is 38.4 Å². The first kappa shape index (κ1) is 59.6.